The fourth-order valence-electron chi connectivity index (χ4n) is 2.97. The van der Waals surface area contributed by atoms with Gasteiger partial charge in [0.25, 0.3) is 0 Å². The fourth-order valence-corrected chi connectivity index (χ4v) is 3.82. The van der Waals surface area contributed by atoms with Crippen LogP contribution in [0.3, 0.4) is 0 Å². The molecule has 0 aliphatic carbocycles. The van der Waals surface area contributed by atoms with Crippen molar-refractivity contribution in [2.45, 2.75) is 38.9 Å². The Morgan fingerprint density at radius 1 is 1.42 bits per heavy atom. The van der Waals surface area contributed by atoms with Crippen molar-refractivity contribution in [3.63, 3.8) is 0 Å². The minimum atomic E-state index is -3.84. The molecule has 0 aromatic heterocycles. The maximum Gasteiger partial charge on any atom is 0.410 e. The number of fused-ring (bicyclic) bond motifs is 1. The van der Waals surface area contributed by atoms with Crippen LogP contribution < -0.4 is 15.2 Å². The van der Waals surface area contributed by atoms with Crippen molar-refractivity contribution in [2.24, 2.45) is 10.1 Å². The highest BCUT2D eigenvalue weighted by Crippen LogP contribution is 2.32. The molecule has 3 N–H and O–H groups in total. The molecule has 26 heavy (non-hydrogen) atoms. The molecule has 142 valence electrons. The van der Waals surface area contributed by atoms with Gasteiger partial charge in [0.05, 0.1) is 23.9 Å². The summed E-state index contributed by atoms with van der Waals surface area (Å²) in [5.41, 5.74) is 6.55. The second kappa shape index (κ2) is 7.02. The summed E-state index contributed by atoms with van der Waals surface area (Å²) in [6.07, 6.45) is 0.744. The van der Waals surface area contributed by atoms with E-state index in [0.29, 0.717) is 30.1 Å². The Morgan fingerprint density at radius 3 is 2.92 bits per heavy atom. The van der Waals surface area contributed by atoms with Crippen LogP contribution in [0.5, 0.6) is 5.75 Å². The number of nitrogens with one attached hydrogen (secondary N) is 1. The van der Waals surface area contributed by atoms with E-state index in [1.807, 2.05) is 0 Å². The third kappa shape index (κ3) is 4.01. The number of piperidine rings is 1. The number of nitrogens with zero attached hydrogens (tertiary/aromatic N) is 2. The molecule has 0 spiro atoms. The Kier molecular flexibility index (Phi) is 4.94. The first-order valence-corrected chi connectivity index (χ1v) is 9.83. The Morgan fingerprint density at radius 2 is 2.19 bits per heavy atom. The van der Waals surface area contributed by atoms with Crippen LogP contribution in [0.15, 0.2) is 22.6 Å². The lowest BCUT2D eigenvalue weighted by atomic mass is 10.1. The summed E-state index contributed by atoms with van der Waals surface area (Å²) < 4.78 is 40.4. The molecule has 9 nitrogen and oxygen atoms in total. The number of carbonyl (C=O) groups is 1. The van der Waals surface area contributed by atoms with Crippen LogP contribution in [-0.2, 0) is 14.9 Å². The second-order valence-electron chi connectivity index (χ2n) is 6.49. The van der Waals surface area contributed by atoms with Gasteiger partial charge in [0.15, 0.2) is 5.84 Å². The molecule has 1 aromatic rings. The van der Waals surface area contributed by atoms with E-state index in [0.717, 1.165) is 12.8 Å². The number of hydrogen-bond acceptors (Lipinski definition) is 6. The molecule has 2 aliphatic rings. The molecule has 10 heteroatoms. The number of amidine groups is 1. The van der Waals surface area contributed by atoms with Crippen LogP contribution >= 0.6 is 0 Å². The zero-order valence-electron chi connectivity index (χ0n) is 14.6. The summed E-state index contributed by atoms with van der Waals surface area (Å²) in [4.78, 5) is 13.7. The van der Waals surface area contributed by atoms with Crippen LogP contribution in [0.2, 0.25) is 0 Å². The lowest BCUT2D eigenvalue weighted by molar-refractivity contribution is 0.0439. The molecule has 1 saturated heterocycles. The number of benzene rings is 1. The minimum Gasteiger partial charge on any atom is -0.488 e. The van der Waals surface area contributed by atoms with E-state index in [1.54, 1.807) is 36.9 Å². The molecule has 0 bridgehead atoms. The van der Waals surface area contributed by atoms with Crippen molar-refractivity contribution in [2.75, 3.05) is 17.8 Å². The van der Waals surface area contributed by atoms with Crippen LogP contribution in [0.25, 0.3) is 0 Å². The number of likely N-dealkylation sites (tertiary alicyclic amines) is 1. The third-order valence-electron chi connectivity index (χ3n) is 4.01. The number of ether oxygens (including phenoxy) is 2. The number of anilines is 1. The van der Waals surface area contributed by atoms with Crippen molar-refractivity contribution in [3.8, 4) is 5.75 Å². The first-order valence-electron chi connectivity index (χ1n) is 8.39. The molecule has 1 atom stereocenters. The molecular weight excluding hydrogens is 360 g/mol. The average molecular weight is 382 g/mol. The van der Waals surface area contributed by atoms with Crippen molar-refractivity contribution in [1.82, 2.24) is 4.90 Å². The maximum atomic E-state index is 12.1. The predicted molar refractivity (Wildman–Crippen MR) is 96.5 cm³/mol. The molecule has 3 rings (SSSR count). The predicted octanol–water partition coefficient (Wildman–Crippen LogP) is 1.45. The van der Waals surface area contributed by atoms with Gasteiger partial charge in [-0.25, -0.2) is 4.79 Å². The van der Waals surface area contributed by atoms with E-state index in [1.165, 1.54) is 0 Å². The molecule has 1 amide bonds. The number of rotatable bonds is 3. The van der Waals surface area contributed by atoms with E-state index in [9.17, 15) is 13.2 Å². The van der Waals surface area contributed by atoms with E-state index in [4.69, 9.17) is 15.2 Å². The maximum absolute atomic E-state index is 12.1. The number of nitrogens with two attached hydrogens (primary N) is 1. The zero-order chi connectivity index (χ0) is 18.9. The molecule has 0 radical (unpaired) electrons. The van der Waals surface area contributed by atoms with Gasteiger partial charge in [-0.1, -0.05) is 6.07 Å². The topological polar surface area (TPSA) is 123 Å². The molecular formula is C16H22N4O5S. The summed E-state index contributed by atoms with van der Waals surface area (Å²) >= 11 is 0. The lowest BCUT2D eigenvalue weighted by Gasteiger charge is -2.33. The summed E-state index contributed by atoms with van der Waals surface area (Å²) in [5.74, 6) is 0.302. The van der Waals surface area contributed by atoms with Gasteiger partial charge < -0.3 is 20.1 Å². The van der Waals surface area contributed by atoms with Gasteiger partial charge in [0.1, 0.15) is 11.9 Å². The van der Waals surface area contributed by atoms with Crippen molar-refractivity contribution in [1.29, 1.82) is 0 Å². The van der Waals surface area contributed by atoms with Gasteiger partial charge in [-0.3, -0.25) is 4.72 Å². The average Bonchev–Trinajstić information content (AvgIpc) is 2.53. The first-order chi connectivity index (χ1) is 12.2. The van der Waals surface area contributed by atoms with Gasteiger partial charge in [-0.05, 0) is 38.8 Å². The molecule has 2 aliphatic heterocycles. The van der Waals surface area contributed by atoms with Crippen LogP contribution in [0.1, 0.15) is 32.3 Å². The zero-order valence-corrected chi connectivity index (χ0v) is 15.5. The monoisotopic (exact) mass is 382 g/mol. The van der Waals surface area contributed by atoms with Crippen LogP contribution in [0, 0.1) is 0 Å². The van der Waals surface area contributed by atoms with Gasteiger partial charge >= 0.3 is 16.3 Å². The summed E-state index contributed by atoms with van der Waals surface area (Å²) in [7, 11) is -3.84. The molecule has 0 saturated carbocycles. The summed E-state index contributed by atoms with van der Waals surface area (Å²) in [5, 5.41) is 0. The minimum absolute atomic E-state index is 0.124. The van der Waals surface area contributed by atoms with E-state index in [-0.39, 0.29) is 24.1 Å². The smallest absolute Gasteiger partial charge is 0.410 e. The summed E-state index contributed by atoms with van der Waals surface area (Å²) in [6, 6.07) is 4.96. The molecule has 1 fully saturated rings. The van der Waals surface area contributed by atoms with Crippen LogP contribution in [-0.4, -0.2) is 50.5 Å². The Hall–Kier alpha value is -2.49. The molecule has 1 aromatic carbocycles. The standard InChI is InChI=1S/C16H22N4O5S/c1-10(2)24-16(21)20-8-4-5-11(9-20)25-13-7-3-6-12-14(13)15(17)19-26(22,23)18-12/h3,6-7,10-11,18H,4-5,8-9H2,1-2H3,(H2,17,19). The Labute approximate surface area is 152 Å². The summed E-state index contributed by atoms with van der Waals surface area (Å²) in [6.45, 7) is 4.60. The Balaban J connectivity index is 1.77. The van der Waals surface area contributed by atoms with Crippen molar-refractivity contribution >= 4 is 27.8 Å². The molecule has 1 unspecified atom stereocenters. The highest BCUT2D eigenvalue weighted by molar-refractivity contribution is 7.91. The first kappa shape index (κ1) is 18.3. The normalized spacial score (nSPS) is 21.4. The van der Waals surface area contributed by atoms with E-state index in [2.05, 4.69) is 9.12 Å². The largest absolute Gasteiger partial charge is 0.488 e. The number of carbonyl (C=O) groups excluding carboxylic acids is 1. The number of hydrogen-bond donors (Lipinski definition) is 2. The molecule has 2 heterocycles. The van der Waals surface area contributed by atoms with E-state index < -0.39 is 10.2 Å². The van der Waals surface area contributed by atoms with Gasteiger partial charge in [0, 0.05) is 6.54 Å². The Bertz CT molecular complexity index is 837. The van der Waals surface area contributed by atoms with Crippen molar-refractivity contribution in [3.05, 3.63) is 23.8 Å². The van der Waals surface area contributed by atoms with Gasteiger partial charge in [0.2, 0.25) is 0 Å². The van der Waals surface area contributed by atoms with Crippen molar-refractivity contribution < 1.29 is 22.7 Å². The van der Waals surface area contributed by atoms with Gasteiger partial charge in [-0.2, -0.15) is 8.42 Å². The third-order valence-corrected chi connectivity index (χ3v) is 4.92. The van der Waals surface area contributed by atoms with E-state index >= 15 is 0 Å². The SMILES string of the molecule is CC(C)OC(=O)N1CCCC(Oc2cccc3c2C(N)=NS(=O)(=O)N3)C1. The second-order valence-corrected chi connectivity index (χ2v) is 7.83. The lowest BCUT2D eigenvalue weighted by Crippen LogP contribution is -2.45. The highest BCUT2D eigenvalue weighted by atomic mass is 32.2. The fraction of sp³-hybridized carbons (Fsp3) is 0.500. The number of amides is 1. The van der Waals surface area contributed by atoms with Crippen LogP contribution in [0.4, 0.5) is 10.5 Å². The highest BCUT2D eigenvalue weighted by Gasteiger charge is 2.29. The quantitative estimate of drug-likeness (QED) is 0.815. The van der Waals surface area contributed by atoms with Gasteiger partial charge in [-0.15, -0.1) is 4.40 Å².